The summed E-state index contributed by atoms with van der Waals surface area (Å²) in [6.07, 6.45) is 0.918. The first kappa shape index (κ1) is 14.7. The number of anilines is 1. The first-order chi connectivity index (χ1) is 9.56. The summed E-state index contributed by atoms with van der Waals surface area (Å²) in [7, 11) is 0. The third-order valence-electron chi connectivity index (χ3n) is 3.67. The average Bonchev–Trinajstić information content (AvgIpc) is 2.46. The van der Waals surface area contributed by atoms with Crippen LogP contribution in [0.2, 0.25) is 0 Å². The van der Waals surface area contributed by atoms with E-state index in [2.05, 4.69) is 0 Å². The zero-order valence-electron chi connectivity index (χ0n) is 11.8. The van der Waals surface area contributed by atoms with Crippen molar-refractivity contribution in [1.82, 2.24) is 0 Å². The molecule has 20 heavy (non-hydrogen) atoms. The van der Waals surface area contributed by atoms with Crippen molar-refractivity contribution in [2.75, 3.05) is 18.1 Å². The highest BCUT2D eigenvalue weighted by molar-refractivity contribution is 5.65. The van der Waals surface area contributed by atoms with Crippen LogP contribution in [-0.2, 0) is 11.3 Å². The van der Waals surface area contributed by atoms with E-state index in [0.29, 0.717) is 24.4 Å². The molecule has 110 valence electrons. The van der Waals surface area contributed by atoms with Crippen molar-refractivity contribution >= 4 is 11.4 Å². The molecule has 2 rings (SSSR count). The molecule has 0 aromatic heterocycles. The Balaban J connectivity index is 2.41. The molecule has 0 spiro atoms. The summed E-state index contributed by atoms with van der Waals surface area (Å²) in [5.41, 5.74) is 1.20. The Kier molecular flexibility index (Phi) is 4.57. The summed E-state index contributed by atoms with van der Waals surface area (Å²) >= 11 is 0. The topological polar surface area (TPSA) is 75.8 Å². The maximum Gasteiger partial charge on any atom is 0.292 e. The Morgan fingerprint density at radius 1 is 1.55 bits per heavy atom. The molecule has 1 aromatic carbocycles. The van der Waals surface area contributed by atoms with Gasteiger partial charge in [0.1, 0.15) is 5.69 Å². The smallest absolute Gasteiger partial charge is 0.292 e. The largest absolute Gasteiger partial charge is 0.392 e. The lowest BCUT2D eigenvalue weighted by atomic mass is 10.1. The Morgan fingerprint density at radius 2 is 2.30 bits per heavy atom. The molecule has 1 heterocycles. The number of rotatable bonds is 4. The number of morpholine rings is 1. The van der Waals surface area contributed by atoms with Crippen LogP contribution in [-0.4, -0.2) is 35.3 Å². The monoisotopic (exact) mass is 280 g/mol. The zero-order chi connectivity index (χ0) is 14.7. The minimum Gasteiger partial charge on any atom is -0.392 e. The van der Waals surface area contributed by atoms with Crippen LogP contribution in [0.3, 0.4) is 0 Å². The van der Waals surface area contributed by atoms with Crippen LogP contribution < -0.4 is 4.90 Å². The molecule has 1 aromatic rings. The van der Waals surface area contributed by atoms with E-state index >= 15 is 0 Å². The minimum atomic E-state index is -0.388. The van der Waals surface area contributed by atoms with Crippen molar-refractivity contribution in [3.63, 3.8) is 0 Å². The molecular formula is C14H20N2O4. The number of aliphatic hydroxyl groups excluding tert-OH is 1. The third kappa shape index (κ3) is 2.91. The van der Waals surface area contributed by atoms with Gasteiger partial charge in [-0.15, -0.1) is 0 Å². The van der Waals surface area contributed by atoms with Gasteiger partial charge in [-0.25, -0.2) is 0 Å². The van der Waals surface area contributed by atoms with Gasteiger partial charge in [0.05, 0.1) is 30.3 Å². The molecule has 1 N–H and O–H groups in total. The molecule has 0 radical (unpaired) electrons. The number of nitrogens with zero attached hydrogens (tertiary/aromatic N) is 2. The molecule has 2 unspecified atom stereocenters. The number of benzene rings is 1. The van der Waals surface area contributed by atoms with Crippen LogP contribution >= 0.6 is 0 Å². The maximum absolute atomic E-state index is 11.3. The van der Waals surface area contributed by atoms with E-state index in [1.807, 2.05) is 18.7 Å². The van der Waals surface area contributed by atoms with Crippen molar-refractivity contribution < 1.29 is 14.8 Å². The van der Waals surface area contributed by atoms with Crippen LogP contribution in [0.5, 0.6) is 0 Å². The summed E-state index contributed by atoms with van der Waals surface area (Å²) in [5, 5.41) is 20.4. The predicted octanol–water partition coefficient (Wildman–Crippen LogP) is 2.09. The van der Waals surface area contributed by atoms with Gasteiger partial charge in [-0.2, -0.15) is 0 Å². The Hall–Kier alpha value is -1.66. The molecular weight excluding hydrogens is 260 g/mol. The van der Waals surface area contributed by atoms with Gasteiger partial charge in [0.25, 0.3) is 5.69 Å². The molecule has 1 aliphatic heterocycles. The van der Waals surface area contributed by atoms with Crippen LogP contribution in [0.15, 0.2) is 18.2 Å². The molecule has 0 bridgehead atoms. The highest BCUT2D eigenvalue weighted by Gasteiger charge is 2.30. The summed E-state index contributed by atoms with van der Waals surface area (Å²) < 4.78 is 5.63. The highest BCUT2D eigenvalue weighted by Crippen LogP contribution is 2.33. The molecule has 2 atom stereocenters. The lowest BCUT2D eigenvalue weighted by Crippen LogP contribution is -2.48. The number of ether oxygens (including phenoxy) is 1. The second kappa shape index (κ2) is 6.19. The van der Waals surface area contributed by atoms with Gasteiger partial charge >= 0.3 is 0 Å². The molecule has 1 aliphatic rings. The predicted molar refractivity (Wildman–Crippen MR) is 75.9 cm³/mol. The quantitative estimate of drug-likeness (QED) is 0.675. The van der Waals surface area contributed by atoms with Crippen LogP contribution in [0.1, 0.15) is 25.8 Å². The Morgan fingerprint density at radius 3 is 2.90 bits per heavy atom. The standard InChI is InChI=1S/C14H20N2O4/c1-3-12-9-20-10(2)7-15(12)13-5-4-11(8-17)6-14(13)16(18)19/h4-6,10,12,17H,3,7-9H2,1-2H3. The van der Waals surface area contributed by atoms with E-state index in [-0.39, 0.29) is 29.4 Å². The first-order valence-corrected chi connectivity index (χ1v) is 6.83. The van der Waals surface area contributed by atoms with E-state index in [9.17, 15) is 10.1 Å². The van der Waals surface area contributed by atoms with Gasteiger partial charge in [-0.05, 0) is 25.0 Å². The van der Waals surface area contributed by atoms with Gasteiger partial charge in [-0.1, -0.05) is 13.0 Å². The van der Waals surface area contributed by atoms with Crippen molar-refractivity contribution in [1.29, 1.82) is 0 Å². The molecule has 0 saturated carbocycles. The van der Waals surface area contributed by atoms with Gasteiger partial charge in [0, 0.05) is 12.6 Å². The number of hydrogen-bond donors (Lipinski definition) is 1. The van der Waals surface area contributed by atoms with Crippen LogP contribution in [0, 0.1) is 10.1 Å². The molecule has 6 nitrogen and oxygen atoms in total. The molecule has 0 aliphatic carbocycles. The third-order valence-corrected chi connectivity index (χ3v) is 3.67. The fraction of sp³-hybridized carbons (Fsp3) is 0.571. The van der Waals surface area contributed by atoms with Gasteiger partial charge in [-0.3, -0.25) is 10.1 Å². The minimum absolute atomic E-state index is 0.0455. The van der Waals surface area contributed by atoms with Crippen molar-refractivity contribution in [2.45, 2.75) is 39.0 Å². The average molecular weight is 280 g/mol. The van der Waals surface area contributed by atoms with Crippen LogP contribution in [0.25, 0.3) is 0 Å². The van der Waals surface area contributed by atoms with E-state index < -0.39 is 0 Å². The molecule has 1 fully saturated rings. The van der Waals surface area contributed by atoms with Gasteiger partial charge in [0.2, 0.25) is 0 Å². The normalized spacial score (nSPS) is 22.9. The zero-order valence-corrected chi connectivity index (χ0v) is 11.8. The SMILES string of the molecule is CCC1COC(C)CN1c1ccc(CO)cc1[N+](=O)[O-]. The maximum atomic E-state index is 11.3. The number of nitro benzene ring substituents is 1. The number of nitro groups is 1. The highest BCUT2D eigenvalue weighted by atomic mass is 16.6. The molecule has 6 heteroatoms. The van der Waals surface area contributed by atoms with E-state index in [0.717, 1.165) is 6.42 Å². The van der Waals surface area contributed by atoms with Crippen LogP contribution in [0.4, 0.5) is 11.4 Å². The number of aliphatic hydroxyl groups is 1. The number of hydrogen-bond acceptors (Lipinski definition) is 5. The van der Waals surface area contributed by atoms with Crippen molar-refractivity contribution in [2.24, 2.45) is 0 Å². The lowest BCUT2D eigenvalue weighted by Gasteiger charge is -2.39. The Labute approximate surface area is 118 Å². The van der Waals surface area contributed by atoms with Crippen molar-refractivity contribution in [3.8, 4) is 0 Å². The van der Waals surface area contributed by atoms with Gasteiger partial charge < -0.3 is 14.7 Å². The second-order valence-electron chi connectivity index (χ2n) is 5.10. The second-order valence-corrected chi connectivity index (χ2v) is 5.10. The van der Waals surface area contributed by atoms with Gasteiger partial charge in [0.15, 0.2) is 0 Å². The van der Waals surface area contributed by atoms with E-state index in [1.54, 1.807) is 12.1 Å². The molecule has 0 amide bonds. The fourth-order valence-corrected chi connectivity index (χ4v) is 2.53. The van der Waals surface area contributed by atoms with E-state index in [4.69, 9.17) is 9.84 Å². The summed E-state index contributed by atoms with van der Waals surface area (Å²) in [6.45, 7) is 5.03. The first-order valence-electron chi connectivity index (χ1n) is 6.83. The summed E-state index contributed by atoms with van der Waals surface area (Å²) in [6, 6.07) is 5.05. The Bertz CT molecular complexity index is 492. The summed E-state index contributed by atoms with van der Waals surface area (Å²) in [5.74, 6) is 0. The summed E-state index contributed by atoms with van der Waals surface area (Å²) in [4.78, 5) is 12.9. The van der Waals surface area contributed by atoms with E-state index in [1.165, 1.54) is 6.07 Å². The van der Waals surface area contributed by atoms with Crippen molar-refractivity contribution in [3.05, 3.63) is 33.9 Å². The fourth-order valence-electron chi connectivity index (χ4n) is 2.53. The molecule has 1 saturated heterocycles. The lowest BCUT2D eigenvalue weighted by molar-refractivity contribution is -0.384.